The van der Waals surface area contributed by atoms with Crippen molar-refractivity contribution in [1.29, 1.82) is 0 Å². The molecule has 12 nitrogen and oxygen atoms in total. The molecule has 0 saturated carbocycles. The number of nitrogens with zero attached hydrogens (tertiary/aromatic N) is 3. The second kappa shape index (κ2) is 11.2. The first-order valence-corrected chi connectivity index (χ1v) is 11.6. The number of likely N-dealkylation sites (N-methyl/N-ethyl adjacent to an activating group) is 1. The SMILES string of the molecule is C/C=C(\C)C(=O)Nc1ccn(C2CC(O)C(OC3OC(C)C(N(C)C)C(O)C3O)C(C)O2)c(=O)n1. The summed E-state index contributed by atoms with van der Waals surface area (Å²) in [5.74, 6) is -0.256. The Morgan fingerprint density at radius 1 is 1.23 bits per heavy atom. The molecule has 0 bridgehead atoms. The number of ether oxygens (including phenoxy) is 3. The third-order valence-corrected chi connectivity index (χ3v) is 6.53. The molecule has 4 N–H and O–H groups in total. The molecular weight excluding hydrogens is 460 g/mol. The van der Waals surface area contributed by atoms with Crippen molar-refractivity contribution in [2.24, 2.45) is 0 Å². The summed E-state index contributed by atoms with van der Waals surface area (Å²) in [6.07, 6.45) is -4.34. The Labute approximate surface area is 204 Å². The minimum absolute atomic E-state index is 0.0151. The van der Waals surface area contributed by atoms with Crippen molar-refractivity contribution >= 4 is 11.7 Å². The van der Waals surface area contributed by atoms with Crippen LogP contribution in [0.4, 0.5) is 5.82 Å². The van der Waals surface area contributed by atoms with Crippen molar-refractivity contribution in [3.05, 3.63) is 34.4 Å². The maximum atomic E-state index is 12.6. The van der Waals surface area contributed by atoms with Gasteiger partial charge in [-0.2, -0.15) is 4.98 Å². The number of carbonyl (C=O) groups excluding carboxylic acids is 1. The van der Waals surface area contributed by atoms with Crippen LogP contribution in [-0.2, 0) is 19.0 Å². The predicted octanol–water partition coefficient (Wildman–Crippen LogP) is -0.402. The lowest BCUT2D eigenvalue weighted by atomic mass is 9.95. The molecule has 35 heavy (non-hydrogen) atoms. The van der Waals surface area contributed by atoms with Crippen LogP contribution in [0, 0.1) is 0 Å². The zero-order chi connectivity index (χ0) is 26.0. The van der Waals surface area contributed by atoms with Crippen molar-refractivity contribution in [3.8, 4) is 0 Å². The predicted molar refractivity (Wildman–Crippen MR) is 125 cm³/mol. The van der Waals surface area contributed by atoms with Crippen LogP contribution in [0.1, 0.15) is 40.3 Å². The normalized spacial score (nSPS) is 36.3. The standard InChI is InChI=1S/C23H36N4O8/c1-7-11(2)21(31)24-15-8-9-27(23(32)25-15)16-10-14(28)20(13(4)33-16)35-22-19(30)18(29)17(26(5)6)12(3)34-22/h7-9,12-14,16-20,22,28-30H,10H2,1-6H3,(H,24,25,31,32)/b11-7+. The van der Waals surface area contributed by atoms with Crippen LogP contribution in [0.25, 0.3) is 0 Å². The third-order valence-electron chi connectivity index (χ3n) is 6.53. The van der Waals surface area contributed by atoms with Gasteiger partial charge in [-0.1, -0.05) is 6.08 Å². The van der Waals surface area contributed by atoms with Gasteiger partial charge in [-0.05, 0) is 47.9 Å². The molecule has 9 atom stereocenters. The van der Waals surface area contributed by atoms with E-state index in [0.29, 0.717) is 5.57 Å². The van der Waals surface area contributed by atoms with E-state index >= 15 is 0 Å². The minimum Gasteiger partial charge on any atom is -0.390 e. The lowest BCUT2D eigenvalue weighted by Gasteiger charge is -2.46. The highest BCUT2D eigenvalue weighted by atomic mass is 16.7. The van der Waals surface area contributed by atoms with E-state index in [-0.39, 0.29) is 18.1 Å². The Balaban J connectivity index is 1.67. The Morgan fingerprint density at radius 2 is 1.91 bits per heavy atom. The number of hydrogen-bond donors (Lipinski definition) is 4. The van der Waals surface area contributed by atoms with Crippen molar-refractivity contribution in [2.75, 3.05) is 19.4 Å². The van der Waals surface area contributed by atoms with E-state index in [9.17, 15) is 24.9 Å². The maximum Gasteiger partial charge on any atom is 0.351 e. The summed E-state index contributed by atoms with van der Waals surface area (Å²) in [5.41, 5.74) is -0.164. The molecule has 2 aliphatic rings. The molecule has 1 amide bonds. The Morgan fingerprint density at radius 3 is 2.49 bits per heavy atom. The van der Waals surface area contributed by atoms with Gasteiger partial charge in [0.15, 0.2) is 6.29 Å². The van der Waals surface area contributed by atoms with Gasteiger partial charge in [0.1, 0.15) is 30.4 Å². The molecule has 1 aromatic rings. The van der Waals surface area contributed by atoms with Crippen LogP contribution >= 0.6 is 0 Å². The summed E-state index contributed by atoms with van der Waals surface area (Å²) in [4.78, 5) is 30.2. The number of hydrogen-bond acceptors (Lipinski definition) is 10. The second-order valence-corrected chi connectivity index (χ2v) is 9.27. The van der Waals surface area contributed by atoms with Crippen LogP contribution < -0.4 is 11.0 Å². The minimum atomic E-state index is -1.32. The molecule has 0 radical (unpaired) electrons. The van der Waals surface area contributed by atoms with Crippen molar-refractivity contribution in [3.63, 3.8) is 0 Å². The van der Waals surface area contributed by atoms with E-state index in [1.54, 1.807) is 52.8 Å². The Hall–Kier alpha value is -2.19. The number of amides is 1. The fourth-order valence-electron chi connectivity index (χ4n) is 4.47. The van der Waals surface area contributed by atoms with E-state index in [2.05, 4.69) is 10.3 Å². The fraction of sp³-hybridized carbons (Fsp3) is 0.696. The Bertz CT molecular complexity index is 971. The van der Waals surface area contributed by atoms with Gasteiger partial charge in [0.2, 0.25) is 0 Å². The first-order chi connectivity index (χ1) is 16.4. The van der Waals surface area contributed by atoms with Gasteiger partial charge >= 0.3 is 5.69 Å². The van der Waals surface area contributed by atoms with E-state index in [1.165, 1.54) is 16.8 Å². The molecule has 3 heterocycles. The van der Waals surface area contributed by atoms with Crippen LogP contribution in [0.15, 0.2) is 28.7 Å². The molecular formula is C23H36N4O8. The number of nitrogens with one attached hydrogen (secondary N) is 1. The number of aliphatic hydroxyl groups is 3. The van der Waals surface area contributed by atoms with Crippen LogP contribution in [0.3, 0.4) is 0 Å². The molecule has 2 fully saturated rings. The zero-order valence-corrected chi connectivity index (χ0v) is 20.9. The zero-order valence-electron chi connectivity index (χ0n) is 20.9. The smallest absolute Gasteiger partial charge is 0.351 e. The van der Waals surface area contributed by atoms with Crippen molar-refractivity contribution in [1.82, 2.24) is 14.5 Å². The highest BCUT2D eigenvalue weighted by molar-refractivity contribution is 6.02. The average molecular weight is 497 g/mol. The molecule has 196 valence electrons. The summed E-state index contributed by atoms with van der Waals surface area (Å²) in [5, 5.41) is 34.4. The second-order valence-electron chi connectivity index (χ2n) is 9.27. The number of aromatic nitrogens is 2. The molecule has 9 unspecified atom stereocenters. The van der Waals surface area contributed by atoms with Crippen LogP contribution in [-0.4, -0.2) is 98.7 Å². The van der Waals surface area contributed by atoms with Crippen LogP contribution in [0.5, 0.6) is 0 Å². The molecule has 0 aromatic carbocycles. The molecule has 1 aromatic heterocycles. The number of rotatable bonds is 6. The summed E-state index contributed by atoms with van der Waals surface area (Å²) in [7, 11) is 3.56. The number of anilines is 1. The summed E-state index contributed by atoms with van der Waals surface area (Å²) in [6.45, 7) is 6.82. The lowest BCUT2D eigenvalue weighted by Crippen LogP contribution is -2.63. The highest BCUT2D eigenvalue weighted by Crippen LogP contribution is 2.32. The first kappa shape index (κ1) is 27.4. The molecule has 0 spiro atoms. The van der Waals surface area contributed by atoms with E-state index in [0.717, 1.165) is 0 Å². The van der Waals surface area contributed by atoms with Gasteiger partial charge in [0.05, 0.1) is 24.4 Å². The quantitative estimate of drug-likeness (QED) is 0.382. The van der Waals surface area contributed by atoms with Gasteiger partial charge in [-0.15, -0.1) is 0 Å². The van der Waals surface area contributed by atoms with Gasteiger partial charge in [-0.25, -0.2) is 4.79 Å². The fourth-order valence-corrected chi connectivity index (χ4v) is 4.47. The largest absolute Gasteiger partial charge is 0.390 e. The van der Waals surface area contributed by atoms with Gasteiger partial charge < -0.3 is 39.7 Å². The van der Waals surface area contributed by atoms with E-state index in [4.69, 9.17) is 14.2 Å². The molecule has 2 saturated heterocycles. The molecule has 2 aliphatic heterocycles. The van der Waals surface area contributed by atoms with E-state index < -0.39 is 60.9 Å². The van der Waals surface area contributed by atoms with Gasteiger partial charge in [0.25, 0.3) is 5.91 Å². The first-order valence-electron chi connectivity index (χ1n) is 11.6. The van der Waals surface area contributed by atoms with Crippen molar-refractivity contribution in [2.45, 2.75) is 89.3 Å². The van der Waals surface area contributed by atoms with E-state index in [1.807, 2.05) is 0 Å². The Kier molecular flexibility index (Phi) is 8.81. The molecule has 0 aliphatic carbocycles. The average Bonchev–Trinajstić information content (AvgIpc) is 2.78. The number of carbonyl (C=O) groups is 1. The summed E-state index contributed by atoms with van der Waals surface area (Å²) in [6, 6.07) is 1.05. The third kappa shape index (κ3) is 5.97. The van der Waals surface area contributed by atoms with Crippen LogP contribution in [0.2, 0.25) is 0 Å². The lowest BCUT2D eigenvalue weighted by molar-refractivity contribution is -0.322. The molecule has 12 heteroatoms. The van der Waals surface area contributed by atoms with Gasteiger partial charge in [-0.3, -0.25) is 9.36 Å². The monoisotopic (exact) mass is 496 g/mol. The van der Waals surface area contributed by atoms with Gasteiger partial charge in [0, 0.05) is 18.2 Å². The summed E-state index contributed by atoms with van der Waals surface area (Å²) < 4.78 is 18.8. The van der Waals surface area contributed by atoms with Crippen molar-refractivity contribution < 1.29 is 34.3 Å². The summed E-state index contributed by atoms with van der Waals surface area (Å²) >= 11 is 0. The maximum absolute atomic E-state index is 12.6. The highest BCUT2D eigenvalue weighted by Gasteiger charge is 2.47. The number of aliphatic hydroxyl groups excluding tert-OH is 3. The molecule has 3 rings (SSSR count). The number of allylic oxidation sites excluding steroid dienone is 1. The topological polar surface area (TPSA) is 156 Å².